The molecule has 1 aromatic carbocycles. The third kappa shape index (κ3) is 2.68. The fourth-order valence-corrected chi connectivity index (χ4v) is 3.67. The predicted octanol–water partition coefficient (Wildman–Crippen LogP) is 4.36. The largest absolute Gasteiger partial charge is 0.310 e. The third-order valence-electron chi connectivity index (χ3n) is 4.19. The molecule has 1 N–H and O–H groups in total. The molecule has 1 amide bonds. The van der Waals surface area contributed by atoms with Crippen LogP contribution in [-0.4, -0.2) is 15.3 Å². The Morgan fingerprint density at radius 1 is 1.26 bits per heavy atom. The highest BCUT2D eigenvalue weighted by molar-refractivity contribution is 7.15. The van der Waals surface area contributed by atoms with Crippen molar-refractivity contribution >= 4 is 28.0 Å². The third-order valence-corrected chi connectivity index (χ3v) is 4.95. The van der Waals surface area contributed by atoms with Gasteiger partial charge in [-0.1, -0.05) is 42.5 Å². The maximum atomic E-state index is 12.6. The number of nitrogens with one attached hydrogen (secondary N) is 1. The molecule has 0 bridgehead atoms. The van der Waals surface area contributed by atoms with Gasteiger partial charge in [0.2, 0.25) is 5.91 Å². The first-order chi connectivity index (χ1) is 11.3. The molecule has 1 atom stereocenters. The number of hydrogen-bond acceptors (Lipinski definition) is 3. The summed E-state index contributed by atoms with van der Waals surface area (Å²) in [5, 5.41) is 5.10. The van der Waals surface area contributed by atoms with E-state index in [-0.39, 0.29) is 11.8 Å². The maximum absolute atomic E-state index is 12.6. The molecular formula is C18H17N3OS. The van der Waals surface area contributed by atoms with Crippen LogP contribution in [0.5, 0.6) is 0 Å². The molecule has 1 aliphatic carbocycles. The maximum Gasteiger partial charge on any atom is 0.228 e. The molecule has 0 aliphatic heterocycles. The van der Waals surface area contributed by atoms with Gasteiger partial charge in [0.1, 0.15) is 11.5 Å². The number of benzene rings is 1. The number of fused-ring (bicyclic) bond motifs is 1. The Hall–Kier alpha value is -2.40. The summed E-state index contributed by atoms with van der Waals surface area (Å²) in [6.07, 6.45) is 8.91. The second kappa shape index (κ2) is 6.01. The monoisotopic (exact) mass is 323 g/mol. The lowest BCUT2D eigenvalue weighted by atomic mass is 9.93. The van der Waals surface area contributed by atoms with Crippen LogP contribution < -0.4 is 5.32 Å². The van der Waals surface area contributed by atoms with E-state index in [1.807, 2.05) is 46.3 Å². The van der Waals surface area contributed by atoms with Gasteiger partial charge >= 0.3 is 0 Å². The van der Waals surface area contributed by atoms with Crippen LogP contribution >= 0.6 is 11.3 Å². The minimum atomic E-state index is 0.0489. The van der Waals surface area contributed by atoms with Gasteiger partial charge < -0.3 is 5.32 Å². The van der Waals surface area contributed by atoms with Gasteiger partial charge in [-0.05, 0) is 19.3 Å². The number of amides is 1. The number of nitrogens with zero attached hydrogens (tertiary/aromatic N) is 2. The molecule has 2 aromatic heterocycles. The summed E-state index contributed by atoms with van der Waals surface area (Å²) >= 11 is 1.57. The average molecular weight is 323 g/mol. The topological polar surface area (TPSA) is 46.4 Å². The summed E-state index contributed by atoms with van der Waals surface area (Å²) in [7, 11) is 0. The Labute approximate surface area is 138 Å². The summed E-state index contributed by atoms with van der Waals surface area (Å²) in [6.45, 7) is 0. The lowest BCUT2D eigenvalue weighted by Crippen LogP contribution is -2.24. The summed E-state index contributed by atoms with van der Waals surface area (Å²) < 4.78 is 1.96. The van der Waals surface area contributed by atoms with Gasteiger partial charge in [-0.3, -0.25) is 9.20 Å². The zero-order chi connectivity index (χ0) is 15.6. The van der Waals surface area contributed by atoms with Gasteiger partial charge in [-0.25, -0.2) is 4.98 Å². The Bertz CT molecular complexity index is 863. The summed E-state index contributed by atoms with van der Waals surface area (Å²) in [4.78, 5) is 18.2. The van der Waals surface area contributed by atoms with Crippen LogP contribution in [0.15, 0.2) is 54.1 Å². The molecule has 0 unspecified atom stereocenters. The highest BCUT2D eigenvalue weighted by Gasteiger charge is 2.22. The van der Waals surface area contributed by atoms with E-state index in [1.165, 1.54) is 0 Å². The van der Waals surface area contributed by atoms with Crippen molar-refractivity contribution in [1.82, 2.24) is 9.38 Å². The Kier molecular flexibility index (Phi) is 3.71. The van der Waals surface area contributed by atoms with Crippen LogP contribution in [0.25, 0.3) is 16.2 Å². The summed E-state index contributed by atoms with van der Waals surface area (Å²) in [6, 6.07) is 9.99. The standard InChI is InChI=1S/C18H17N3OS/c22-17(14-9-5-2-6-10-14)20-16-15(13-7-3-1-4-8-13)19-18-21(16)11-12-23-18/h1-5,7-8,11-12,14H,6,9-10H2,(H,20,22)/t14-/m1/s1. The van der Waals surface area contributed by atoms with Crippen LogP contribution in [-0.2, 0) is 4.79 Å². The van der Waals surface area contributed by atoms with Gasteiger partial charge in [0.15, 0.2) is 4.96 Å². The van der Waals surface area contributed by atoms with Crippen molar-refractivity contribution in [2.24, 2.45) is 5.92 Å². The molecule has 0 saturated heterocycles. The van der Waals surface area contributed by atoms with E-state index < -0.39 is 0 Å². The normalized spacial score (nSPS) is 17.5. The molecule has 23 heavy (non-hydrogen) atoms. The molecule has 2 heterocycles. The molecular weight excluding hydrogens is 306 g/mol. The summed E-state index contributed by atoms with van der Waals surface area (Å²) in [5.41, 5.74) is 1.85. The van der Waals surface area contributed by atoms with Crippen molar-refractivity contribution in [3.05, 3.63) is 54.1 Å². The van der Waals surface area contributed by atoms with E-state index in [2.05, 4.69) is 17.5 Å². The minimum absolute atomic E-state index is 0.0489. The zero-order valence-electron chi connectivity index (χ0n) is 12.6. The molecule has 3 aromatic rings. The van der Waals surface area contributed by atoms with Gasteiger partial charge in [-0.15, -0.1) is 11.3 Å². The molecule has 1 aliphatic rings. The van der Waals surface area contributed by atoms with Crippen LogP contribution in [0.3, 0.4) is 0 Å². The fraction of sp³-hybridized carbons (Fsp3) is 0.222. The van der Waals surface area contributed by atoms with Crippen molar-refractivity contribution in [2.45, 2.75) is 19.3 Å². The van der Waals surface area contributed by atoms with Crippen molar-refractivity contribution in [2.75, 3.05) is 5.32 Å². The van der Waals surface area contributed by atoms with Crippen molar-refractivity contribution < 1.29 is 4.79 Å². The average Bonchev–Trinajstić information content (AvgIpc) is 3.19. The molecule has 4 nitrogen and oxygen atoms in total. The number of allylic oxidation sites excluding steroid dienone is 2. The number of rotatable bonds is 3. The van der Waals surface area contributed by atoms with Gasteiger partial charge in [0.05, 0.1) is 0 Å². The highest BCUT2D eigenvalue weighted by atomic mass is 32.1. The molecule has 5 heteroatoms. The second-order valence-corrected chi connectivity index (χ2v) is 6.57. The van der Waals surface area contributed by atoms with E-state index in [0.717, 1.165) is 41.3 Å². The Morgan fingerprint density at radius 3 is 2.91 bits per heavy atom. The SMILES string of the molecule is O=C(Nc1c(-c2ccccc2)nc2sccn12)[C@@H]1CC=CCC1. The van der Waals surface area contributed by atoms with Crippen LogP contribution in [0.4, 0.5) is 5.82 Å². The highest BCUT2D eigenvalue weighted by Crippen LogP contribution is 2.31. The summed E-state index contributed by atoms with van der Waals surface area (Å²) in [5.74, 6) is 0.902. The molecule has 0 spiro atoms. The van der Waals surface area contributed by atoms with Crippen LogP contribution in [0.1, 0.15) is 19.3 Å². The lowest BCUT2D eigenvalue weighted by molar-refractivity contribution is -0.120. The number of anilines is 1. The quantitative estimate of drug-likeness (QED) is 0.728. The van der Waals surface area contributed by atoms with Gasteiger partial charge in [-0.2, -0.15) is 0 Å². The van der Waals surface area contributed by atoms with Gasteiger partial charge in [0.25, 0.3) is 0 Å². The van der Waals surface area contributed by atoms with E-state index in [4.69, 9.17) is 4.98 Å². The predicted molar refractivity (Wildman–Crippen MR) is 93.6 cm³/mol. The number of imidazole rings is 1. The Balaban J connectivity index is 1.71. The number of aromatic nitrogens is 2. The van der Waals surface area contributed by atoms with Crippen molar-refractivity contribution in [1.29, 1.82) is 0 Å². The molecule has 116 valence electrons. The second-order valence-electron chi connectivity index (χ2n) is 5.70. The fourth-order valence-electron chi connectivity index (χ4n) is 2.95. The molecule has 0 radical (unpaired) electrons. The first-order valence-electron chi connectivity index (χ1n) is 7.80. The number of carbonyl (C=O) groups excluding carboxylic acids is 1. The smallest absolute Gasteiger partial charge is 0.228 e. The van der Waals surface area contributed by atoms with E-state index in [1.54, 1.807) is 11.3 Å². The van der Waals surface area contributed by atoms with E-state index in [9.17, 15) is 4.79 Å². The number of carbonyl (C=O) groups is 1. The molecule has 4 rings (SSSR count). The first kappa shape index (κ1) is 14.2. The van der Waals surface area contributed by atoms with Crippen LogP contribution in [0, 0.1) is 5.92 Å². The van der Waals surface area contributed by atoms with Gasteiger partial charge in [0, 0.05) is 23.1 Å². The van der Waals surface area contributed by atoms with E-state index in [0.29, 0.717) is 0 Å². The molecule has 0 saturated carbocycles. The minimum Gasteiger partial charge on any atom is -0.310 e. The van der Waals surface area contributed by atoms with Crippen LogP contribution in [0.2, 0.25) is 0 Å². The lowest BCUT2D eigenvalue weighted by Gasteiger charge is -2.17. The zero-order valence-corrected chi connectivity index (χ0v) is 13.4. The number of thiazole rings is 1. The number of hydrogen-bond donors (Lipinski definition) is 1. The van der Waals surface area contributed by atoms with Crippen molar-refractivity contribution in [3.8, 4) is 11.3 Å². The Morgan fingerprint density at radius 2 is 2.13 bits per heavy atom. The first-order valence-corrected chi connectivity index (χ1v) is 8.68. The van der Waals surface area contributed by atoms with Crippen molar-refractivity contribution in [3.63, 3.8) is 0 Å². The van der Waals surface area contributed by atoms with E-state index >= 15 is 0 Å². The molecule has 0 fully saturated rings.